The van der Waals surface area contributed by atoms with E-state index >= 15 is 0 Å². The number of thiazole rings is 1. The topological polar surface area (TPSA) is 53.4 Å². The van der Waals surface area contributed by atoms with Crippen LogP contribution in [0.3, 0.4) is 0 Å². The van der Waals surface area contributed by atoms with E-state index in [9.17, 15) is 4.79 Å². The summed E-state index contributed by atoms with van der Waals surface area (Å²) in [6, 6.07) is 0. The van der Waals surface area contributed by atoms with Crippen molar-refractivity contribution in [3.8, 4) is 0 Å². The zero-order chi connectivity index (χ0) is 12.3. The zero-order valence-electron chi connectivity index (χ0n) is 10.1. The minimum absolute atomic E-state index is 0.178. The van der Waals surface area contributed by atoms with Gasteiger partial charge in [0.25, 0.3) is 0 Å². The Bertz CT molecular complexity index is 392. The molecule has 1 saturated heterocycles. The third-order valence-electron chi connectivity index (χ3n) is 3.15. The molecular formula is C12H18N2O2S. The number of rotatable bonds is 4. The van der Waals surface area contributed by atoms with E-state index in [1.54, 1.807) is 5.38 Å². The van der Waals surface area contributed by atoms with Crippen molar-refractivity contribution in [2.45, 2.75) is 26.2 Å². The smallest absolute Gasteiger partial charge is 0.355 e. The first-order valence-electron chi connectivity index (χ1n) is 6.05. The Morgan fingerprint density at radius 3 is 3.18 bits per heavy atom. The van der Waals surface area contributed by atoms with Gasteiger partial charge < -0.3 is 10.0 Å². The van der Waals surface area contributed by atoms with Crippen LogP contribution in [0, 0.1) is 5.92 Å². The zero-order valence-corrected chi connectivity index (χ0v) is 10.9. The first-order chi connectivity index (χ1) is 8.15. The molecule has 4 nitrogen and oxygen atoms in total. The first kappa shape index (κ1) is 12.5. The second-order valence-electron chi connectivity index (χ2n) is 4.73. The van der Waals surface area contributed by atoms with Crippen molar-refractivity contribution in [2.24, 2.45) is 5.92 Å². The molecule has 2 heterocycles. The molecule has 0 bridgehead atoms. The number of nitrogens with zero attached hydrogens (tertiary/aromatic N) is 2. The van der Waals surface area contributed by atoms with Crippen LogP contribution in [-0.4, -0.2) is 40.6 Å². The van der Waals surface area contributed by atoms with Crippen LogP contribution in [0.4, 0.5) is 0 Å². The monoisotopic (exact) mass is 254 g/mol. The lowest BCUT2D eigenvalue weighted by Crippen LogP contribution is -2.35. The Morgan fingerprint density at radius 1 is 1.71 bits per heavy atom. The number of piperidine rings is 1. The summed E-state index contributed by atoms with van der Waals surface area (Å²) in [6.07, 6.45) is 3.47. The normalized spacial score (nSPS) is 21.6. The maximum atomic E-state index is 10.7. The molecule has 0 spiro atoms. The van der Waals surface area contributed by atoms with Crippen LogP contribution in [0.5, 0.6) is 0 Å². The van der Waals surface area contributed by atoms with Gasteiger partial charge in [-0.05, 0) is 25.3 Å². The van der Waals surface area contributed by atoms with Gasteiger partial charge in [0.05, 0.1) is 5.01 Å². The second kappa shape index (κ2) is 5.60. The summed E-state index contributed by atoms with van der Waals surface area (Å²) < 4.78 is 0. The Morgan fingerprint density at radius 2 is 2.53 bits per heavy atom. The van der Waals surface area contributed by atoms with Crippen LogP contribution < -0.4 is 0 Å². The highest BCUT2D eigenvalue weighted by molar-refractivity contribution is 7.09. The van der Waals surface area contributed by atoms with E-state index in [0.717, 1.165) is 30.4 Å². The van der Waals surface area contributed by atoms with E-state index in [1.807, 2.05) is 0 Å². The van der Waals surface area contributed by atoms with E-state index < -0.39 is 5.97 Å². The number of carbonyl (C=O) groups is 1. The summed E-state index contributed by atoms with van der Waals surface area (Å²) in [5.41, 5.74) is 0.178. The van der Waals surface area contributed by atoms with Gasteiger partial charge in [0.1, 0.15) is 0 Å². The van der Waals surface area contributed by atoms with Gasteiger partial charge in [-0.3, -0.25) is 0 Å². The molecular weight excluding hydrogens is 236 g/mol. The van der Waals surface area contributed by atoms with Crippen molar-refractivity contribution in [2.75, 3.05) is 19.6 Å². The molecule has 1 aliphatic rings. The summed E-state index contributed by atoms with van der Waals surface area (Å²) in [6.45, 7) is 5.62. The summed E-state index contributed by atoms with van der Waals surface area (Å²) in [4.78, 5) is 17.3. The van der Waals surface area contributed by atoms with Gasteiger partial charge in [0.2, 0.25) is 0 Å². The highest BCUT2D eigenvalue weighted by Crippen LogP contribution is 2.17. The fraction of sp³-hybridized carbons (Fsp3) is 0.667. The molecule has 2 rings (SSSR count). The molecule has 1 aromatic heterocycles. The average molecular weight is 254 g/mol. The molecule has 0 radical (unpaired) electrons. The minimum atomic E-state index is -0.931. The van der Waals surface area contributed by atoms with E-state index in [4.69, 9.17) is 5.11 Å². The van der Waals surface area contributed by atoms with Gasteiger partial charge in [-0.2, -0.15) is 0 Å². The standard InChI is InChI=1S/C12H18N2O2S/c1-9-3-2-5-14(7-9)6-4-11-13-10(8-17-11)12(15)16/h8-9H,2-7H2,1H3,(H,15,16). The van der Waals surface area contributed by atoms with E-state index in [1.165, 1.54) is 30.7 Å². The Hall–Kier alpha value is -0.940. The molecule has 0 aromatic carbocycles. The summed E-state index contributed by atoms with van der Waals surface area (Å²) in [5.74, 6) is -0.145. The average Bonchev–Trinajstić information content (AvgIpc) is 2.75. The van der Waals surface area contributed by atoms with Crippen LogP contribution in [0.25, 0.3) is 0 Å². The molecule has 17 heavy (non-hydrogen) atoms. The molecule has 0 amide bonds. The van der Waals surface area contributed by atoms with Crippen LogP contribution >= 0.6 is 11.3 Å². The van der Waals surface area contributed by atoms with Gasteiger partial charge in [0.15, 0.2) is 5.69 Å². The Labute approximate surface area is 105 Å². The highest BCUT2D eigenvalue weighted by atomic mass is 32.1. The summed E-state index contributed by atoms with van der Waals surface area (Å²) in [7, 11) is 0. The van der Waals surface area contributed by atoms with Crippen molar-refractivity contribution in [3.63, 3.8) is 0 Å². The van der Waals surface area contributed by atoms with E-state index in [2.05, 4.69) is 16.8 Å². The maximum Gasteiger partial charge on any atom is 0.355 e. The molecule has 1 atom stereocenters. The number of aromatic nitrogens is 1. The molecule has 94 valence electrons. The molecule has 1 unspecified atom stereocenters. The fourth-order valence-corrected chi connectivity index (χ4v) is 3.03. The van der Waals surface area contributed by atoms with Crippen molar-refractivity contribution in [1.82, 2.24) is 9.88 Å². The van der Waals surface area contributed by atoms with Gasteiger partial charge in [-0.15, -0.1) is 11.3 Å². The van der Waals surface area contributed by atoms with Gasteiger partial charge >= 0.3 is 5.97 Å². The molecule has 5 heteroatoms. The van der Waals surface area contributed by atoms with Crippen LogP contribution in [0.2, 0.25) is 0 Å². The van der Waals surface area contributed by atoms with Crippen LogP contribution in [0.1, 0.15) is 35.3 Å². The lowest BCUT2D eigenvalue weighted by molar-refractivity contribution is 0.0691. The maximum absolute atomic E-state index is 10.7. The van der Waals surface area contributed by atoms with Gasteiger partial charge in [0, 0.05) is 24.9 Å². The third kappa shape index (κ3) is 3.51. The predicted octanol–water partition coefficient (Wildman–Crippen LogP) is 2.12. The van der Waals surface area contributed by atoms with Crippen molar-refractivity contribution < 1.29 is 9.90 Å². The summed E-state index contributed by atoms with van der Waals surface area (Å²) in [5, 5.41) is 11.3. The van der Waals surface area contributed by atoms with Crippen LogP contribution in [0.15, 0.2) is 5.38 Å². The van der Waals surface area contributed by atoms with E-state index in [0.29, 0.717) is 0 Å². The Kier molecular flexibility index (Phi) is 4.12. The SMILES string of the molecule is CC1CCCN(CCc2nc(C(=O)O)cs2)C1. The van der Waals surface area contributed by atoms with Crippen LogP contribution in [-0.2, 0) is 6.42 Å². The lowest BCUT2D eigenvalue weighted by atomic mass is 10.0. The quantitative estimate of drug-likeness (QED) is 0.894. The lowest BCUT2D eigenvalue weighted by Gasteiger charge is -2.30. The van der Waals surface area contributed by atoms with Gasteiger partial charge in [-0.1, -0.05) is 6.92 Å². The minimum Gasteiger partial charge on any atom is -0.476 e. The van der Waals surface area contributed by atoms with Gasteiger partial charge in [-0.25, -0.2) is 9.78 Å². The number of hydrogen-bond acceptors (Lipinski definition) is 4. The molecule has 0 saturated carbocycles. The molecule has 1 N–H and O–H groups in total. The number of likely N-dealkylation sites (tertiary alicyclic amines) is 1. The highest BCUT2D eigenvalue weighted by Gasteiger charge is 2.16. The second-order valence-corrected chi connectivity index (χ2v) is 5.67. The first-order valence-corrected chi connectivity index (χ1v) is 6.93. The fourth-order valence-electron chi connectivity index (χ4n) is 2.27. The third-order valence-corrected chi connectivity index (χ3v) is 4.06. The molecule has 1 fully saturated rings. The van der Waals surface area contributed by atoms with Crippen molar-refractivity contribution >= 4 is 17.3 Å². The van der Waals surface area contributed by atoms with E-state index in [-0.39, 0.29) is 5.69 Å². The molecule has 1 aliphatic heterocycles. The summed E-state index contributed by atoms with van der Waals surface area (Å²) >= 11 is 1.45. The number of hydrogen-bond donors (Lipinski definition) is 1. The Balaban J connectivity index is 1.82. The predicted molar refractivity (Wildman–Crippen MR) is 67.6 cm³/mol. The van der Waals surface area contributed by atoms with Crippen molar-refractivity contribution in [1.29, 1.82) is 0 Å². The van der Waals surface area contributed by atoms with Crippen molar-refractivity contribution in [3.05, 3.63) is 16.1 Å². The number of carboxylic acids is 1. The largest absolute Gasteiger partial charge is 0.476 e. The number of carboxylic acid groups (broad SMARTS) is 1. The molecule has 0 aliphatic carbocycles. The molecule has 1 aromatic rings. The number of aromatic carboxylic acids is 1.